The van der Waals surface area contributed by atoms with Crippen LogP contribution in [-0.4, -0.2) is 40.9 Å². The molecule has 18 heavy (non-hydrogen) atoms. The van der Waals surface area contributed by atoms with Gasteiger partial charge in [0.15, 0.2) is 0 Å². The molecular formula is C14H28N4. The van der Waals surface area contributed by atoms with Crippen LogP contribution in [0.1, 0.15) is 45.2 Å². The normalized spacial score (nSPS) is 13.2. The molecule has 0 saturated carbocycles. The monoisotopic (exact) mass is 252 g/mol. The Morgan fingerprint density at radius 2 is 2.06 bits per heavy atom. The van der Waals surface area contributed by atoms with Gasteiger partial charge in [0.05, 0.1) is 6.20 Å². The van der Waals surface area contributed by atoms with Crippen LogP contribution in [0.15, 0.2) is 12.4 Å². The lowest BCUT2D eigenvalue weighted by atomic mass is 10.1. The highest BCUT2D eigenvalue weighted by molar-refractivity contribution is 5.10. The minimum atomic E-state index is 0.430. The molecule has 0 aliphatic heterocycles. The molecule has 1 aromatic rings. The number of nitrogens with zero attached hydrogens (tertiary/aromatic N) is 3. The van der Waals surface area contributed by atoms with Crippen molar-refractivity contribution in [1.82, 2.24) is 20.0 Å². The Hall–Kier alpha value is -0.870. The fraction of sp³-hybridized carbons (Fsp3) is 0.786. The van der Waals surface area contributed by atoms with Gasteiger partial charge in [0, 0.05) is 24.8 Å². The Bertz CT molecular complexity index is 317. The summed E-state index contributed by atoms with van der Waals surface area (Å²) in [6.07, 6.45) is 6.42. The van der Waals surface area contributed by atoms with Crippen molar-refractivity contribution in [2.45, 2.75) is 39.7 Å². The van der Waals surface area contributed by atoms with Crippen LogP contribution in [-0.2, 0) is 7.05 Å². The largest absolute Gasteiger partial charge is 0.310 e. The Kier molecular flexibility index (Phi) is 6.98. The van der Waals surface area contributed by atoms with Gasteiger partial charge >= 0.3 is 0 Å². The van der Waals surface area contributed by atoms with Gasteiger partial charge in [0.2, 0.25) is 0 Å². The van der Waals surface area contributed by atoms with E-state index in [1.54, 1.807) is 0 Å². The van der Waals surface area contributed by atoms with Crippen molar-refractivity contribution in [3.05, 3.63) is 18.0 Å². The number of nitrogens with one attached hydrogen (secondary N) is 1. The van der Waals surface area contributed by atoms with Crippen LogP contribution >= 0.6 is 0 Å². The zero-order valence-electron chi connectivity index (χ0n) is 12.3. The molecule has 1 N–H and O–H groups in total. The van der Waals surface area contributed by atoms with Crippen LogP contribution in [0.5, 0.6) is 0 Å². The second-order valence-electron chi connectivity index (χ2n) is 4.77. The average Bonchev–Trinajstić information content (AvgIpc) is 2.80. The highest BCUT2D eigenvalue weighted by Gasteiger charge is 2.13. The lowest BCUT2D eigenvalue weighted by Gasteiger charge is -2.23. The van der Waals surface area contributed by atoms with E-state index in [1.807, 2.05) is 17.9 Å². The fourth-order valence-electron chi connectivity index (χ4n) is 2.18. The van der Waals surface area contributed by atoms with Gasteiger partial charge in [-0.1, -0.05) is 20.8 Å². The maximum Gasteiger partial charge on any atom is 0.0537 e. The van der Waals surface area contributed by atoms with E-state index in [-0.39, 0.29) is 0 Å². The van der Waals surface area contributed by atoms with Crippen molar-refractivity contribution in [2.75, 3.05) is 26.2 Å². The summed E-state index contributed by atoms with van der Waals surface area (Å²) in [6, 6.07) is 0.430. The van der Waals surface area contributed by atoms with E-state index in [9.17, 15) is 0 Å². The van der Waals surface area contributed by atoms with E-state index in [0.29, 0.717) is 6.04 Å². The van der Waals surface area contributed by atoms with Gasteiger partial charge in [-0.2, -0.15) is 5.10 Å². The van der Waals surface area contributed by atoms with E-state index >= 15 is 0 Å². The van der Waals surface area contributed by atoms with Crippen LogP contribution in [0.4, 0.5) is 0 Å². The predicted molar refractivity (Wildman–Crippen MR) is 76.6 cm³/mol. The standard InChI is InChI=1S/C14H28N4/c1-5-9-15-14(8-10-18(6-2)7-3)13-11-16-17(4)12-13/h11-12,14-15H,5-10H2,1-4H3. The summed E-state index contributed by atoms with van der Waals surface area (Å²) in [4.78, 5) is 2.47. The van der Waals surface area contributed by atoms with Crippen molar-refractivity contribution < 1.29 is 0 Å². The molecule has 1 unspecified atom stereocenters. The molecule has 0 radical (unpaired) electrons. The summed E-state index contributed by atoms with van der Waals surface area (Å²) in [6.45, 7) is 11.1. The van der Waals surface area contributed by atoms with Gasteiger partial charge in [-0.3, -0.25) is 4.68 Å². The molecule has 1 atom stereocenters. The predicted octanol–water partition coefficient (Wildman–Crippen LogP) is 2.19. The second-order valence-corrected chi connectivity index (χ2v) is 4.77. The summed E-state index contributed by atoms with van der Waals surface area (Å²) in [5.74, 6) is 0. The van der Waals surface area contributed by atoms with Crippen molar-refractivity contribution in [1.29, 1.82) is 0 Å². The fourth-order valence-corrected chi connectivity index (χ4v) is 2.18. The van der Waals surface area contributed by atoms with Gasteiger partial charge < -0.3 is 10.2 Å². The first-order valence-electron chi connectivity index (χ1n) is 7.15. The van der Waals surface area contributed by atoms with E-state index in [4.69, 9.17) is 0 Å². The van der Waals surface area contributed by atoms with Gasteiger partial charge in [-0.05, 0) is 39.0 Å². The Balaban J connectivity index is 2.55. The quantitative estimate of drug-likeness (QED) is 0.731. The highest BCUT2D eigenvalue weighted by atomic mass is 15.2. The van der Waals surface area contributed by atoms with Crippen molar-refractivity contribution in [2.24, 2.45) is 7.05 Å². The summed E-state index contributed by atoms with van der Waals surface area (Å²) in [7, 11) is 1.98. The van der Waals surface area contributed by atoms with E-state index in [0.717, 1.165) is 32.6 Å². The first-order chi connectivity index (χ1) is 8.71. The van der Waals surface area contributed by atoms with E-state index in [2.05, 4.69) is 42.3 Å². The number of hydrogen-bond donors (Lipinski definition) is 1. The lowest BCUT2D eigenvalue weighted by Crippen LogP contribution is -2.29. The molecule has 0 saturated heterocycles. The molecule has 4 heteroatoms. The average molecular weight is 252 g/mol. The topological polar surface area (TPSA) is 33.1 Å². The van der Waals surface area contributed by atoms with Crippen molar-refractivity contribution in [3.8, 4) is 0 Å². The minimum Gasteiger partial charge on any atom is -0.310 e. The first kappa shape index (κ1) is 15.2. The third-order valence-electron chi connectivity index (χ3n) is 3.40. The number of hydrogen-bond acceptors (Lipinski definition) is 3. The molecule has 0 fully saturated rings. The molecule has 1 rings (SSSR count). The molecule has 0 aliphatic carbocycles. The van der Waals surface area contributed by atoms with E-state index in [1.165, 1.54) is 12.0 Å². The number of aromatic nitrogens is 2. The third-order valence-corrected chi connectivity index (χ3v) is 3.40. The van der Waals surface area contributed by atoms with Crippen LogP contribution < -0.4 is 5.32 Å². The molecular weight excluding hydrogens is 224 g/mol. The zero-order valence-corrected chi connectivity index (χ0v) is 12.3. The number of rotatable bonds is 9. The van der Waals surface area contributed by atoms with Crippen LogP contribution in [0.25, 0.3) is 0 Å². The van der Waals surface area contributed by atoms with Crippen LogP contribution in [0.2, 0.25) is 0 Å². The molecule has 0 bridgehead atoms. The Labute approximate surface area is 111 Å². The minimum absolute atomic E-state index is 0.430. The van der Waals surface area contributed by atoms with E-state index < -0.39 is 0 Å². The van der Waals surface area contributed by atoms with Crippen molar-refractivity contribution >= 4 is 0 Å². The summed E-state index contributed by atoms with van der Waals surface area (Å²) >= 11 is 0. The SMILES string of the molecule is CCCNC(CCN(CC)CC)c1cnn(C)c1. The lowest BCUT2D eigenvalue weighted by molar-refractivity contribution is 0.282. The maximum absolute atomic E-state index is 4.28. The van der Waals surface area contributed by atoms with Gasteiger partial charge in [0.1, 0.15) is 0 Å². The molecule has 0 amide bonds. The Morgan fingerprint density at radius 1 is 1.33 bits per heavy atom. The van der Waals surface area contributed by atoms with Gasteiger partial charge in [-0.25, -0.2) is 0 Å². The molecule has 104 valence electrons. The molecule has 0 aromatic carbocycles. The van der Waals surface area contributed by atoms with Gasteiger partial charge in [0.25, 0.3) is 0 Å². The molecule has 1 aromatic heterocycles. The summed E-state index contributed by atoms with van der Waals surface area (Å²) < 4.78 is 1.88. The zero-order chi connectivity index (χ0) is 13.4. The maximum atomic E-state index is 4.28. The smallest absolute Gasteiger partial charge is 0.0537 e. The highest BCUT2D eigenvalue weighted by Crippen LogP contribution is 2.16. The van der Waals surface area contributed by atoms with Crippen LogP contribution in [0.3, 0.4) is 0 Å². The van der Waals surface area contributed by atoms with Crippen molar-refractivity contribution in [3.63, 3.8) is 0 Å². The number of aryl methyl sites for hydroxylation is 1. The summed E-state index contributed by atoms with van der Waals surface area (Å²) in [5, 5.41) is 7.90. The second kappa shape index (κ2) is 8.27. The van der Waals surface area contributed by atoms with Gasteiger partial charge in [-0.15, -0.1) is 0 Å². The molecule has 0 spiro atoms. The third kappa shape index (κ3) is 4.78. The molecule has 1 heterocycles. The Morgan fingerprint density at radius 3 is 2.56 bits per heavy atom. The molecule has 4 nitrogen and oxygen atoms in total. The van der Waals surface area contributed by atoms with Crippen LogP contribution in [0, 0.1) is 0 Å². The first-order valence-corrected chi connectivity index (χ1v) is 7.15. The summed E-state index contributed by atoms with van der Waals surface area (Å²) in [5.41, 5.74) is 1.30. The molecule has 0 aliphatic rings.